The van der Waals surface area contributed by atoms with E-state index < -0.39 is 0 Å². The van der Waals surface area contributed by atoms with E-state index in [-0.39, 0.29) is 17.4 Å². The number of para-hydroxylation sites is 1. The molecular formula is C18H15FN2O2. The van der Waals surface area contributed by atoms with Crippen LogP contribution in [0.15, 0.2) is 53.1 Å². The Balaban J connectivity index is 1.83. The van der Waals surface area contributed by atoms with Crippen LogP contribution in [0.25, 0.3) is 11.3 Å². The van der Waals surface area contributed by atoms with Gasteiger partial charge in [0.25, 0.3) is 5.91 Å². The lowest BCUT2D eigenvalue weighted by Crippen LogP contribution is -2.14. The van der Waals surface area contributed by atoms with Crippen molar-refractivity contribution in [2.45, 2.75) is 13.8 Å². The third kappa shape index (κ3) is 3.13. The molecule has 1 heterocycles. The molecule has 4 nitrogen and oxygen atoms in total. The number of aryl methyl sites for hydroxylation is 2. The van der Waals surface area contributed by atoms with Crippen LogP contribution in [0.4, 0.5) is 10.1 Å². The fraction of sp³-hybridized carbons (Fsp3) is 0.111. The van der Waals surface area contributed by atoms with Gasteiger partial charge in [0.15, 0.2) is 11.5 Å². The predicted molar refractivity (Wildman–Crippen MR) is 85.8 cm³/mol. The molecule has 0 aliphatic heterocycles. The Labute approximate surface area is 132 Å². The quantitative estimate of drug-likeness (QED) is 0.782. The first kappa shape index (κ1) is 15.0. The summed E-state index contributed by atoms with van der Waals surface area (Å²) in [5.74, 6) is -0.266. The SMILES string of the molecule is Cc1cccc(C)c1NC(=O)c1cc(-c2ccc(F)cc2)on1. The molecule has 1 N–H and O–H groups in total. The molecule has 3 rings (SSSR count). The minimum absolute atomic E-state index is 0.173. The summed E-state index contributed by atoms with van der Waals surface area (Å²) in [5, 5.41) is 6.64. The van der Waals surface area contributed by atoms with Crippen molar-refractivity contribution in [2.75, 3.05) is 5.32 Å². The second kappa shape index (κ2) is 6.04. The van der Waals surface area contributed by atoms with Crippen molar-refractivity contribution < 1.29 is 13.7 Å². The molecule has 0 aliphatic carbocycles. The topological polar surface area (TPSA) is 55.1 Å². The number of hydrogen-bond acceptors (Lipinski definition) is 3. The molecule has 0 radical (unpaired) electrons. The van der Waals surface area contributed by atoms with Crippen molar-refractivity contribution in [1.82, 2.24) is 5.16 Å². The third-order valence-corrected chi connectivity index (χ3v) is 3.59. The van der Waals surface area contributed by atoms with Gasteiger partial charge in [-0.15, -0.1) is 0 Å². The van der Waals surface area contributed by atoms with Crippen molar-refractivity contribution in [3.63, 3.8) is 0 Å². The summed E-state index contributed by atoms with van der Waals surface area (Å²) in [7, 11) is 0. The van der Waals surface area contributed by atoms with E-state index in [9.17, 15) is 9.18 Å². The molecule has 0 aliphatic rings. The van der Waals surface area contributed by atoms with Crippen LogP contribution in [-0.4, -0.2) is 11.1 Å². The minimum Gasteiger partial charge on any atom is -0.355 e. The highest BCUT2D eigenvalue weighted by molar-refractivity contribution is 6.04. The van der Waals surface area contributed by atoms with Crippen LogP contribution < -0.4 is 5.32 Å². The van der Waals surface area contributed by atoms with E-state index in [1.54, 1.807) is 12.1 Å². The molecule has 3 aromatic rings. The Kier molecular flexibility index (Phi) is 3.93. The molecule has 1 aromatic heterocycles. The molecule has 0 saturated heterocycles. The zero-order valence-electron chi connectivity index (χ0n) is 12.8. The van der Waals surface area contributed by atoms with E-state index in [2.05, 4.69) is 10.5 Å². The molecule has 0 atom stereocenters. The summed E-state index contributed by atoms with van der Waals surface area (Å²) in [4.78, 5) is 12.3. The van der Waals surface area contributed by atoms with Gasteiger partial charge in [0.1, 0.15) is 5.82 Å². The Morgan fingerprint density at radius 2 is 1.74 bits per heavy atom. The highest BCUT2D eigenvalue weighted by atomic mass is 19.1. The maximum atomic E-state index is 12.9. The zero-order chi connectivity index (χ0) is 16.4. The van der Waals surface area contributed by atoms with E-state index in [0.717, 1.165) is 16.8 Å². The van der Waals surface area contributed by atoms with Gasteiger partial charge in [-0.3, -0.25) is 4.79 Å². The van der Waals surface area contributed by atoms with Gasteiger partial charge in [-0.25, -0.2) is 4.39 Å². The second-order valence-corrected chi connectivity index (χ2v) is 5.30. The number of carbonyl (C=O) groups is 1. The maximum Gasteiger partial charge on any atom is 0.277 e. The van der Waals surface area contributed by atoms with E-state index >= 15 is 0 Å². The summed E-state index contributed by atoms with van der Waals surface area (Å²) >= 11 is 0. The van der Waals surface area contributed by atoms with Gasteiger partial charge in [0.2, 0.25) is 0 Å². The van der Waals surface area contributed by atoms with Crippen LogP contribution in [0, 0.1) is 19.7 Å². The van der Waals surface area contributed by atoms with Gasteiger partial charge in [-0.2, -0.15) is 0 Å². The average Bonchev–Trinajstić information content (AvgIpc) is 3.02. The summed E-state index contributed by atoms with van der Waals surface area (Å²) in [6.45, 7) is 3.85. The van der Waals surface area contributed by atoms with Crippen molar-refractivity contribution >= 4 is 11.6 Å². The molecule has 0 saturated carbocycles. The molecule has 0 spiro atoms. The summed E-state index contributed by atoms with van der Waals surface area (Å²) in [5.41, 5.74) is 3.54. The first-order valence-electron chi connectivity index (χ1n) is 7.15. The fourth-order valence-corrected chi connectivity index (χ4v) is 2.32. The fourth-order valence-electron chi connectivity index (χ4n) is 2.32. The minimum atomic E-state index is -0.348. The number of amides is 1. The predicted octanol–water partition coefficient (Wildman–Crippen LogP) is 4.35. The highest BCUT2D eigenvalue weighted by Crippen LogP contribution is 2.23. The smallest absolute Gasteiger partial charge is 0.277 e. The molecule has 1 amide bonds. The first-order chi connectivity index (χ1) is 11.0. The zero-order valence-corrected chi connectivity index (χ0v) is 12.8. The Hall–Kier alpha value is -2.95. The van der Waals surface area contributed by atoms with E-state index in [0.29, 0.717) is 11.3 Å². The van der Waals surface area contributed by atoms with E-state index in [1.807, 2.05) is 32.0 Å². The summed E-state index contributed by atoms with van der Waals surface area (Å²) in [6, 6.07) is 13.1. The number of nitrogens with one attached hydrogen (secondary N) is 1. The number of nitrogens with zero attached hydrogens (tertiary/aromatic N) is 1. The van der Waals surface area contributed by atoms with Gasteiger partial charge in [0.05, 0.1) is 0 Å². The van der Waals surface area contributed by atoms with Crippen molar-refractivity contribution in [1.29, 1.82) is 0 Å². The lowest BCUT2D eigenvalue weighted by atomic mass is 10.1. The van der Waals surface area contributed by atoms with Crippen LogP contribution in [-0.2, 0) is 0 Å². The number of rotatable bonds is 3. The average molecular weight is 310 g/mol. The lowest BCUT2D eigenvalue weighted by Gasteiger charge is -2.09. The number of benzene rings is 2. The van der Waals surface area contributed by atoms with Gasteiger partial charge in [-0.1, -0.05) is 23.4 Å². The number of hydrogen-bond donors (Lipinski definition) is 1. The second-order valence-electron chi connectivity index (χ2n) is 5.30. The van der Waals surface area contributed by atoms with Crippen LogP contribution >= 0.6 is 0 Å². The molecule has 2 aromatic carbocycles. The molecule has 0 bridgehead atoms. The number of anilines is 1. The van der Waals surface area contributed by atoms with Crippen molar-refractivity contribution in [3.8, 4) is 11.3 Å². The molecule has 5 heteroatoms. The highest BCUT2D eigenvalue weighted by Gasteiger charge is 2.15. The van der Waals surface area contributed by atoms with Crippen molar-refractivity contribution in [2.24, 2.45) is 0 Å². The standard InChI is InChI=1S/C18H15FN2O2/c1-11-4-3-5-12(2)17(11)20-18(22)15-10-16(23-21-15)13-6-8-14(19)9-7-13/h3-10H,1-2H3,(H,20,22). The third-order valence-electron chi connectivity index (χ3n) is 3.59. The normalized spacial score (nSPS) is 10.6. The van der Waals surface area contributed by atoms with Gasteiger partial charge < -0.3 is 9.84 Å². The van der Waals surface area contributed by atoms with Crippen LogP contribution in [0.2, 0.25) is 0 Å². The molecule has 116 valence electrons. The molecule has 23 heavy (non-hydrogen) atoms. The number of carbonyl (C=O) groups excluding carboxylic acids is 1. The summed E-state index contributed by atoms with van der Waals surface area (Å²) < 4.78 is 18.1. The van der Waals surface area contributed by atoms with Crippen LogP contribution in [0.3, 0.4) is 0 Å². The Bertz CT molecular complexity index is 833. The van der Waals surface area contributed by atoms with E-state index in [1.165, 1.54) is 18.2 Å². The van der Waals surface area contributed by atoms with Crippen molar-refractivity contribution in [3.05, 3.63) is 71.2 Å². The maximum absolute atomic E-state index is 12.9. The number of halogens is 1. The summed E-state index contributed by atoms with van der Waals surface area (Å²) in [6.07, 6.45) is 0. The van der Waals surface area contributed by atoms with E-state index in [4.69, 9.17) is 4.52 Å². The molecule has 0 fully saturated rings. The van der Waals surface area contributed by atoms with Crippen LogP contribution in [0.5, 0.6) is 0 Å². The Morgan fingerprint density at radius 3 is 2.39 bits per heavy atom. The lowest BCUT2D eigenvalue weighted by molar-refractivity contribution is 0.101. The Morgan fingerprint density at radius 1 is 1.09 bits per heavy atom. The van der Waals surface area contributed by atoms with Gasteiger partial charge in [0, 0.05) is 17.3 Å². The largest absolute Gasteiger partial charge is 0.355 e. The van der Waals surface area contributed by atoms with Crippen LogP contribution in [0.1, 0.15) is 21.6 Å². The molecular weight excluding hydrogens is 295 g/mol. The monoisotopic (exact) mass is 310 g/mol. The van der Waals surface area contributed by atoms with Gasteiger partial charge >= 0.3 is 0 Å². The van der Waals surface area contributed by atoms with Gasteiger partial charge in [-0.05, 0) is 49.2 Å². The number of aromatic nitrogens is 1. The molecule has 0 unspecified atom stereocenters. The first-order valence-corrected chi connectivity index (χ1v) is 7.15.